The smallest absolute Gasteiger partial charge is 0.0992 e. The summed E-state index contributed by atoms with van der Waals surface area (Å²) in [6.07, 6.45) is 0.226. The van der Waals surface area contributed by atoms with Crippen LogP contribution < -0.4 is 5.32 Å². The lowest BCUT2D eigenvalue weighted by Crippen LogP contribution is -2.45. The van der Waals surface area contributed by atoms with Crippen molar-refractivity contribution in [2.24, 2.45) is 0 Å². The molecule has 1 atom stereocenters. The molecule has 1 saturated heterocycles. The van der Waals surface area contributed by atoms with Crippen molar-refractivity contribution in [2.45, 2.75) is 13.0 Å². The Morgan fingerprint density at radius 2 is 2.44 bits per heavy atom. The summed E-state index contributed by atoms with van der Waals surface area (Å²) in [5, 5.41) is 12.2. The summed E-state index contributed by atoms with van der Waals surface area (Å²) in [6.45, 7) is 6.83. The van der Waals surface area contributed by atoms with Gasteiger partial charge in [-0.25, -0.2) is 0 Å². The first kappa shape index (κ1) is 12.9. The maximum atomic E-state index is 8.84. The minimum absolute atomic E-state index is 0.226. The second-order valence-electron chi connectivity index (χ2n) is 4.46. The first-order valence-electron chi connectivity index (χ1n) is 6.40. The lowest BCUT2D eigenvalue weighted by atomic mass is 10.2. The molecule has 0 spiro atoms. The topological polar surface area (TPSA) is 48.3 Å². The van der Waals surface area contributed by atoms with Gasteiger partial charge in [0.1, 0.15) is 0 Å². The monoisotopic (exact) mass is 245 g/mol. The van der Waals surface area contributed by atoms with Gasteiger partial charge < -0.3 is 10.1 Å². The van der Waals surface area contributed by atoms with Crippen molar-refractivity contribution >= 4 is 5.69 Å². The van der Waals surface area contributed by atoms with Crippen LogP contribution in [0, 0.1) is 11.3 Å². The summed E-state index contributed by atoms with van der Waals surface area (Å²) in [5.74, 6) is 0. The molecule has 18 heavy (non-hydrogen) atoms. The molecular formula is C14H19N3O. The molecule has 4 heteroatoms. The van der Waals surface area contributed by atoms with Crippen molar-refractivity contribution in [1.29, 1.82) is 5.26 Å². The molecule has 1 heterocycles. The van der Waals surface area contributed by atoms with Crippen LogP contribution in [0.15, 0.2) is 24.3 Å². The number of hydrogen-bond donors (Lipinski definition) is 1. The van der Waals surface area contributed by atoms with Gasteiger partial charge in [-0.3, -0.25) is 4.90 Å². The fourth-order valence-electron chi connectivity index (χ4n) is 2.12. The van der Waals surface area contributed by atoms with Gasteiger partial charge in [0.15, 0.2) is 0 Å². The quantitative estimate of drug-likeness (QED) is 0.877. The van der Waals surface area contributed by atoms with Crippen molar-refractivity contribution in [2.75, 3.05) is 38.1 Å². The molecule has 2 rings (SSSR count). The van der Waals surface area contributed by atoms with Gasteiger partial charge in [0.05, 0.1) is 24.3 Å². The zero-order chi connectivity index (χ0) is 12.8. The van der Waals surface area contributed by atoms with Crippen molar-refractivity contribution in [3.8, 4) is 6.07 Å². The van der Waals surface area contributed by atoms with E-state index in [1.54, 1.807) is 6.07 Å². The van der Waals surface area contributed by atoms with Gasteiger partial charge in [0.25, 0.3) is 0 Å². The summed E-state index contributed by atoms with van der Waals surface area (Å²) >= 11 is 0. The number of nitrogens with zero attached hydrogens (tertiary/aromatic N) is 2. The van der Waals surface area contributed by atoms with Gasteiger partial charge in [0, 0.05) is 25.3 Å². The van der Waals surface area contributed by atoms with Crippen molar-refractivity contribution in [3.05, 3.63) is 29.8 Å². The standard InChI is InChI=1S/C14H19N3O/c1-2-17-6-7-18-14(11-17)10-16-13-5-3-4-12(8-13)9-15/h3-5,8,14,16H,2,6-7,10-11H2,1H3. The van der Waals surface area contributed by atoms with E-state index in [-0.39, 0.29) is 6.10 Å². The van der Waals surface area contributed by atoms with Crippen LogP contribution in [0.5, 0.6) is 0 Å². The van der Waals surface area contributed by atoms with Gasteiger partial charge >= 0.3 is 0 Å². The third kappa shape index (κ3) is 3.46. The third-order valence-electron chi connectivity index (χ3n) is 3.20. The zero-order valence-corrected chi connectivity index (χ0v) is 10.7. The highest BCUT2D eigenvalue weighted by molar-refractivity contribution is 5.49. The lowest BCUT2D eigenvalue weighted by molar-refractivity contribution is -0.0191. The number of nitrogens with one attached hydrogen (secondary N) is 1. The molecule has 0 amide bonds. The summed E-state index contributed by atoms with van der Waals surface area (Å²) in [7, 11) is 0. The van der Waals surface area contributed by atoms with Gasteiger partial charge in [-0.15, -0.1) is 0 Å². The lowest BCUT2D eigenvalue weighted by Gasteiger charge is -2.32. The number of likely N-dealkylation sites (N-methyl/N-ethyl adjacent to an activating group) is 1. The number of ether oxygens (including phenoxy) is 1. The summed E-state index contributed by atoms with van der Waals surface area (Å²) in [6, 6.07) is 9.67. The van der Waals surface area contributed by atoms with Crippen LogP contribution in [0.1, 0.15) is 12.5 Å². The minimum Gasteiger partial charge on any atom is -0.382 e. The van der Waals surface area contributed by atoms with E-state index in [1.807, 2.05) is 18.2 Å². The van der Waals surface area contributed by atoms with Crippen LogP contribution in [-0.2, 0) is 4.74 Å². The van der Waals surface area contributed by atoms with Gasteiger partial charge in [-0.05, 0) is 24.7 Å². The molecule has 4 nitrogen and oxygen atoms in total. The third-order valence-corrected chi connectivity index (χ3v) is 3.20. The highest BCUT2D eigenvalue weighted by Gasteiger charge is 2.18. The number of rotatable bonds is 4. The summed E-state index contributed by atoms with van der Waals surface area (Å²) in [5.41, 5.74) is 1.66. The van der Waals surface area contributed by atoms with Crippen molar-refractivity contribution in [1.82, 2.24) is 4.90 Å². The normalized spacial score (nSPS) is 20.3. The number of hydrogen-bond acceptors (Lipinski definition) is 4. The molecule has 1 N–H and O–H groups in total. The number of anilines is 1. The Balaban J connectivity index is 1.85. The Bertz CT molecular complexity index is 427. The van der Waals surface area contributed by atoms with E-state index in [0.717, 1.165) is 38.5 Å². The second-order valence-corrected chi connectivity index (χ2v) is 4.46. The first-order valence-corrected chi connectivity index (χ1v) is 6.40. The Hall–Kier alpha value is -1.57. The Morgan fingerprint density at radius 3 is 3.22 bits per heavy atom. The SMILES string of the molecule is CCN1CCOC(CNc2cccc(C#N)c2)C1. The van der Waals surface area contributed by atoms with Crippen LogP contribution in [0.4, 0.5) is 5.69 Å². The molecule has 96 valence electrons. The molecular weight excluding hydrogens is 226 g/mol. The van der Waals surface area contributed by atoms with Gasteiger partial charge in [0.2, 0.25) is 0 Å². The average molecular weight is 245 g/mol. The van der Waals surface area contributed by atoms with Crippen LogP contribution in [0.25, 0.3) is 0 Å². The van der Waals surface area contributed by atoms with E-state index in [0.29, 0.717) is 5.56 Å². The average Bonchev–Trinajstić information content (AvgIpc) is 2.45. The Morgan fingerprint density at radius 1 is 1.56 bits per heavy atom. The number of benzene rings is 1. The Labute approximate surface area is 108 Å². The molecule has 0 saturated carbocycles. The molecule has 0 radical (unpaired) electrons. The van der Waals surface area contributed by atoms with Crippen molar-refractivity contribution < 1.29 is 4.74 Å². The fourth-order valence-corrected chi connectivity index (χ4v) is 2.12. The molecule has 0 bridgehead atoms. The highest BCUT2D eigenvalue weighted by atomic mass is 16.5. The van der Waals surface area contributed by atoms with E-state index in [1.165, 1.54) is 0 Å². The van der Waals surface area contributed by atoms with Crippen LogP contribution in [0.3, 0.4) is 0 Å². The molecule has 0 aromatic heterocycles. The van der Waals surface area contributed by atoms with Crippen LogP contribution in [0.2, 0.25) is 0 Å². The molecule has 1 unspecified atom stereocenters. The first-order chi connectivity index (χ1) is 8.81. The molecule has 1 aromatic rings. The van der Waals surface area contributed by atoms with E-state index >= 15 is 0 Å². The van der Waals surface area contributed by atoms with Crippen LogP contribution >= 0.6 is 0 Å². The van der Waals surface area contributed by atoms with Gasteiger partial charge in [-0.2, -0.15) is 5.26 Å². The van der Waals surface area contributed by atoms with E-state index in [4.69, 9.17) is 10.00 Å². The predicted molar refractivity (Wildman–Crippen MR) is 71.5 cm³/mol. The van der Waals surface area contributed by atoms with E-state index in [2.05, 4.69) is 23.2 Å². The van der Waals surface area contributed by atoms with E-state index < -0.39 is 0 Å². The molecule has 1 aromatic carbocycles. The Kier molecular flexibility index (Phi) is 4.57. The predicted octanol–water partition coefficient (Wildman–Crippen LogP) is 1.69. The molecule has 1 fully saturated rings. The summed E-state index contributed by atoms with van der Waals surface area (Å²) in [4.78, 5) is 2.39. The van der Waals surface area contributed by atoms with Crippen molar-refractivity contribution in [3.63, 3.8) is 0 Å². The highest BCUT2D eigenvalue weighted by Crippen LogP contribution is 2.11. The maximum Gasteiger partial charge on any atom is 0.0992 e. The maximum absolute atomic E-state index is 8.84. The number of nitriles is 1. The van der Waals surface area contributed by atoms with Crippen LogP contribution in [-0.4, -0.2) is 43.8 Å². The second kappa shape index (κ2) is 6.39. The minimum atomic E-state index is 0.226. The molecule has 1 aliphatic rings. The van der Waals surface area contributed by atoms with E-state index in [9.17, 15) is 0 Å². The summed E-state index contributed by atoms with van der Waals surface area (Å²) < 4.78 is 5.72. The fraction of sp³-hybridized carbons (Fsp3) is 0.500. The largest absolute Gasteiger partial charge is 0.382 e. The molecule has 1 aliphatic heterocycles. The van der Waals surface area contributed by atoms with Gasteiger partial charge in [-0.1, -0.05) is 13.0 Å². The zero-order valence-electron chi connectivity index (χ0n) is 10.7. The number of morpholine rings is 1. The molecule has 0 aliphatic carbocycles.